The number of unbranched alkanes of at least 4 members (excludes halogenated alkanes) is 3. The molecule has 0 aromatic heterocycles. The number of carboxylic acid groups (broad SMARTS) is 1. The number of hydrogen-bond donors (Lipinski definition) is 10. The topological polar surface area (TPSA) is 326 Å². The van der Waals surface area contributed by atoms with Crippen molar-refractivity contribution < 1.29 is 68.8 Å². The van der Waals surface area contributed by atoms with E-state index in [1.807, 2.05) is 20.8 Å². The van der Waals surface area contributed by atoms with Crippen molar-refractivity contribution in [3.8, 4) is 5.75 Å². The molecule has 342 valence electrons. The number of guanidine groups is 1. The normalized spacial score (nSPS) is 28.3. The Bertz CT molecular complexity index is 1660. The molecule has 2 aliphatic heterocycles. The number of amides is 3. The summed E-state index contributed by atoms with van der Waals surface area (Å²) in [4.78, 5) is 72.9. The fourth-order valence-corrected chi connectivity index (χ4v) is 8.18. The number of hydrogen-bond acceptors (Lipinski definition) is 14. The van der Waals surface area contributed by atoms with Crippen LogP contribution in [0.5, 0.6) is 5.75 Å². The van der Waals surface area contributed by atoms with Gasteiger partial charge in [0.2, 0.25) is 17.7 Å². The molecule has 20 heteroatoms. The maximum Gasteiger partial charge on any atom is 0.335 e. The molecule has 3 fully saturated rings. The highest BCUT2D eigenvalue weighted by atomic mass is 16.7. The summed E-state index contributed by atoms with van der Waals surface area (Å²) in [6.45, 7) is 6.22. The van der Waals surface area contributed by atoms with Gasteiger partial charge in [-0.05, 0) is 74.5 Å². The van der Waals surface area contributed by atoms with Crippen LogP contribution in [0.3, 0.4) is 0 Å². The Morgan fingerprint density at radius 1 is 0.951 bits per heavy atom. The van der Waals surface area contributed by atoms with Gasteiger partial charge in [0.15, 0.2) is 18.4 Å². The zero-order valence-corrected chi connectivity index (χ0v) is 35.0. The first kappa shape index (κ1) is 49.1. The van der Waals surface area contributed by atoms with Crippen molar-refractivity contribution >= 4 is 35.6 Å². The summed E-state index contributed by atoms with van der Waals surface area (Å²) in [6.07, 6.45) is -10.0. The van der Waals surface area contributed by atoms with Crippen LogP contribution in [0, 0.1) is 11.8 Å². The number of aliphatic hydroxyl groups is 4. The molecule has 0 spiro atoms. The second-order valence-electron chi connectivity index (χ2n) is 16.6. The van der Waals surface area contributed by atoms with E-state index in [-0.39, 0.29) is 62.7 Å². The quantitative estimate of drug-likeness (QED) is 0.0311. The summed E-state index contributed by atoms with van der Waals surface area (Å²) in [5, 5.41) is 67.6. The zero-order valence-electron chi connectivity index (χ0n) is 35.0. The minimum absolute atomic E-state index is 0.00818. The highest BCUT2D eigenvalue weighted by Gasteiger charge is 2.55. The second kappa shape index (κ2) is 23.0. The van der Waals surface area contributed by atoms with Gasteiger partial charge in [-0.3, -0.25) is 24.2 Å². The predicted octanol–water partition coefficient (Wildman–Crippen LogP) is -0.855. The van der Waals surface area contributed by atoms with E-state index >= 15 is 0 Å². The molecule has 61 heavy (non-hydrogen) atoms. The number of carboxylic acids is 1. The number of aliphatic carboxylic acids is 1. The maximum atomic E-state index is 14.9. The van der Waals surface area contributed by atoms with Crippen molar-refractivity contribution in [3.63, 3.8) is 0 Å². The lowest BCUT2D eigenvalue weighted by molar-refractivity contribution is -0.314. The Morgan fingerprint density at radius 2 is 1.66 bits per heavy atom. The molecule has 1 aromatic carbocycles. The molecule has 1 saturated carbocycles. The highest BCUT2D eigenvalue weighted by molar-refractivity contribution is 5.93. The number of phenols is 1. The molecular formula is C41H64N6O14. The fraction of sp³-hybridized carbons (Fsp3) is 0.707. The third kappa shape index (κ3) is 13.7. The minimum atomic E-state index is -1.99. The summed E-state index contributed by atoms with van der Waals surface area (Å²) in [5.74, 6) is -4.75. The van der Waals surface area contributed by atoms with Crippen LogP contribution in [-0.2, 0) is 44.6 Å². The van der Waals surface area contributed by atoms with Crippen LogP contribution in [0.15, 0.2) is 29.3 Å². The van der Waals surface area contributed by atoms with Gasteiger partial charge < -0.3 is 71.9 Å². The average Bonchev–Trinajstić information content (AvgIpc) is 3.57. The highest BCUT2D eigenvalue weighted by Crippen LogP contribution is 2.43. The van der Waals surface area contributed by atoms with Crippen molar-refractivity contribution in [2.75, 3.05) is 13.1 Å². The van der Waals surface area contributed by atoms with E-state index in [1.165, 1.54) is 17.0 Å². The Kier molecular flexibility index (Phi) is 18.5. The summed E-state index contributed by atoms with van der Waals surface area (Å²) < 4.78 is 17.5. The van der Waals surface area contributed by atoms with Crippen molar-refractivity contribution in [3.05, 3.63) is 29.8 Å². The first-order valence-electron chi connectivity index (χ1n) is 21.1. The number of rotatable bonds is 21. The number of ether oxygens (including phenoxy) is 3. The third-order valence-electron chi connectivity index (χ3n) is 11.3. The van der Waals surface area contributed by atoms with E-state index in [4.69, 9.17) is 25.7 Å². The number of nitrogens with zero attached hydrogens (tertiary/aromatic N) is 2. The molecule has 2 heterocycles. The van der Waals surface area contributed by atoms with Gasteiger partial charge in [-0.15, -0.1) is 0 Å². The second-order valence-corrected chi connectivity index (χ2v) is 16.6. The van der Waals surface area contributed by atoms with Gasteiger partial charge in [0.25, 0.3) is 0 Å². The van der Waals surface area contributed by atoms with Gasteiger partial charge in [-0.2, -0.15) is 0 Å². The Labute approximate surface area is 355 Å². The lowest BCUT2D eigenvalue weighted by Crippen LogP contribution is -2.62. The molecule has 3 amide bonds. The van der Waals surface area contributed by atoms with Crippen LogP contribution in [0.4, 0.5) is 0 Å². The average molecular weight is 865 g/mol. The van der Waals surface area contributed by atoms with Crippen molar-refractivity contribution in [2.45, 2.75) is 159 Å². The molecule has 0 bridgehead atoms. The van der Waals surface area contributed by atoms with Crippen molar-refractivity contribution in [2.24, 2.45) is 28.3 Å². The number of benzene rings is 1. The molecule has 0 radical (unpaired) electrons. The Hall–Kier alpha value is -4.60. The van der Waals surface area contributed by atoms with E-state index in [1.54, 1.807) is 12.1 Å². The van der Waals surface area contributed by atoms with Gasteiger partial charge in [0.05, 0.1) is 6.10 Å². The molecular weight excluding hydrogens is 800 g/mol. The first-order valence-corrected chi connectivity index (χ1v) is 21.1. The maximum absolute atomic E-state index is 14.9. The number of likely N-dealkylation sites (tertiary alicyclic amines) is 1. The zero-order chi connectivity index (χ0) is 45.0. The molecule has 0 unspecified atom stereocenters. The van der Waals surface area contributed by atoms with Crippen LogP contribution in [0.2, 0.25) is 0 Å². The Balaban J connectivity index is 1.66. The number of esters is 1. The number of phenolic OH excluding ortho intramolecular Hbond substituents is 1. The minimum Gasteiger partial charge on any atom is -0.508 e. The number of nitrogens with one attached hydrogen (secondary N) is 2. The number of carbonyl (C=O) groups excluding carboxylic acids is 4. The van der Waals surface area contributed by atoms with E-state index < -0.39 is 103 Å². The predicted molar refractivity (Wildman–Crippen MR) is 217 cm³/mol. The van der Waals surface area contributed by atoms with Crippen LogP contribution in [0.1, 0.15) is 90.5 Å². The van der Waals surface area contributed by atoms with Gasteiger partial charge in [-0.1, -0.05) is 45.7 Å². The standard InChI is InChI=1S/C41H64N6O14/c1-4-5-6-9-31(50)59-29-19-23-18-27(36(54)44-14-7-8-15-45-41(42)43)47(26(23)20-30(29)60-40-34(53)32(51)33(52)35(61-40)39(57)58)38(56)25(16-21(2)3)46-37(55)28(49)17-22-10-12-24(48)13-11-22/h10-13,21,23,25-30,32-35,40,48-49,51-53H,4-9,14-20H2,1-3H3,(H,44,54)(H,46,55)(H,57,58)(H4,42,43,45)/t23-,25-,26+,27-,28-,29+,30+,32+,33+,34+,35+,40-/m1/s1. The number of nitrogens with two attached hydrogens (primary N) is 2. The monoisotopic (exact) mass is 864 g/mol. The summed E-state index contributed by atoms with van der Waals surface area (Å²) in [6, 6.07) is 2.87. The van der Waals surface area contributed by atoms with Gasteiger partial charge in [0.1, 0.15) is 48.4 Å². The summed E-state index contributed by atoms with van der Waals surface area (Å²) in [7, 11) is 0. The van der Waals surface area contributed by atoms with Crippen molar-refractivity contribution in [1.29, 1.82) is 0 Å². The molecule has 12 atom stereocenters. The van der Waals surface area contributed by atoms with Crippen LogP contribution in [-0.4, -0.2) is 151 Å². The molecule has 3 aliphatic rings. The lowest BCUT2D eigenvalue weighted by atomic mass is 9.80. The third-order valence-corrected chi connectivity index (χ3v) is 11.3. The molecule has 12 N–H and O–H groups in total. The van der Waals surface area contributed by atoms with E-state index in [0.29, 0.717) is 31.4 Å². The van der Waals surface area contributed by atoms with E-state index in [2.05, 4.69) is 15.6 Å². The molecule has 1 aromatic rings. The van der Waals surface area contributed by atoms with Crippen molar-refractivity contribution in [1.82, 2.24) is 15.5 Å². The lowest BCUT2D eigenvalue weighted by Gasteiger charge is -2.45. The van der Waals surface area contributed by atoms with E-state index in [9.17, 15) is 54.6 Å². The van der Waals surface area contributed by atoms with Gasteiger partial charge in [0, 0.05) is 32.0 Å². The smallest absolute Gasteiger partial charge is 0.335 e. The number of aromatic hydroxyl groups is 1. The van der Waals surface area contributed by atoms with E-state index in [0.717, 1.165) is 12.8 Å². The first-order chi connectivity index (χ1) is 28.9. The molecule has 1 aliphatic carbocycles. The van der Waals surface area contributed by atoms with Gasteiger partial charge >= 0.3 is 11.9 Å². The largest absolute Gasteiger partial charge is 0.508 e. The molecule has 20 nitrogen and oxygen atoms in total. The number of aliphatic hydroxyl groups excluding tert-OH is 4. The number of aliphatic imine (C=N–C) groups is 1. The molecule has 2 saturated heterocycles. The van der Waals surface area contributed by atoms with Crippen LogP contribution in [0.25, 0.3) is 0 Å². The fourth-order valence-electron chi connectivity index (χ4n) is 8.18. The number of carbonyl (C=O) groups is 5. The molecule has 4 rings (SSSR count). The van der Waals surface area contributed by atoms with Crippen LogP contribution < -0.4 is 22.1 Å². The summed E-state index contributed by atoms with van der Waals surface area (Å²) in [5.41, 5.74) is 11.4. The summed E-state index contributed by atoms with van der Waals surface area (Å²) >= 11 is 0. The van der Waals surface area contributed by atoms with Gasteiger partial charge in [-0.25, -0.2) is 4.79 Å². The SMILES string of the molecule is CCCCCC(=O)O[C@H]1C[C@H]2C[C@H](C(=O)NCCCCN=C(N)N)N(C(=O)[C@@H](CC(C)C)NC(=O)[C@H](O)Cc3ccc(O)cc3)[C@H]2C[C@@H]1O[C@@H]1O[C@H](C(=O)O)[C@@H](O)[C@H](O)[C@@H]1O. The number of fused-ring (bicyclic) bond motifs is 1. The van der Waals surface area contributed by atoms with Crippen LogP contribution >= 0.6 is 0 Å². The Morgan fingerprint density at radius 3 is 2.30 bits per heavy atom.